The monoisotopic (exact) mass is 196 g/mol. The molecule has 0 bridgehead atoms. The molecular formula is C13H24O. The van der Waals surface area contributed by atoms with Crippen molar-refractivity contribution in [2.75, 3.05) is 0 Å². The Morgan fingerprint density at radius 2 is 1.86 bits per heavy atom. The maximum atomic E-state index is 10.0. The van der Waals surface area contributed by atoms with Crippen LogP contribution in [0.3, 0.4) is 0 Å². The van der Waals surface area contributed by atoms with Gasteiger partial charge in [-0.3, -0.25) is 0 Å². The molecular weight excluding hydrogens is 172 g/mol. The molecule has 1 rings (SSSR count). The summed E-state index contributed by atoms with van der Waals surface area (Å²) in [6.45, 7) is 5.92. The Labute approximate surface area is 88.2 Å². The zero-order chi connectivity index (χ0) is 10.4. The predicted octanol–water partition coefficient (Wildman–Crippen LogP) is 3.67. The zero-order valence-electron chi connectivity index (χ0n) is 9.47. The van der Waals surface area contributed by atoms with Gasteiger partial charge in [0.2, 0.25) is 0 Å². The van der Waals surface area contributed by atoms with E-state index >= 15 is 0 Å². The van der Waals surface area contributed by atoms with E-state index in [1.807, 2.05) is 6.92 Å². The van der Waals surface area contributed by atoms with Crippen LogP contribution >= 0.6 is 0 Å². The van der Waals surface area contributed by atoms with E-state index in [1.54, 1.807) is 0 Å². The quantitative estimate of drug-likeness (QED) is 0.537. The summed E-state index contributed by atoms with van der Waals surface area (Å²) in [5.41, 5.74) is 1.19. The fraction of sp³-hybridized carbons (Fsp3) is 0.846. The smallest absolute Gasteiger partial charge is 0.0571 e. The standard InChI is InChI=1S/C13H24O/c1-11(2)9-10-13(14)12-7-5-3-4-6-8-12/h12-14H,1,3-10H2,2H3. The highest BCUT2D eigenvalue weighted by atomic mass is 16.3. The highest BCUT2D eigenvalue weighted by Gasteiger charge is 2.19. The second-order valence-electron chi connectivity index (χ2n) is 4.81. The van der Waals surface area contributed by atoms with E-state index in [9.17, 15) is 5.11 Å². The van der Waals surface area contributed by atoms with Crippen LogP contribution in [0.15, 0.2) is 12.2 Å². The second-order valence-corrected chi connectivity index (χ2v) is 4.81. The molecule has 1 nitrogen and oxygen atoms in total. The van der Waals surface area contributed by atoms with Crippen molar-refractivity contribution in [2.45, 2.75) is 64.4 Å². The van der Waals surface area contributed by atoms with Gasteiger partial charge in [0.05, 0.1) is 6.10 Å². The van der Waals surface area contributed by atoms with Crippen LogP contribution in [0.4, 0.5) is 0 Å². The van der Waals surface area contributed by atoms with Gasteiger partial charge in [0, 0.05) is 0 Å². The highest BCUT2D eigenvalue weighted by Crippen LogP contribution is 2.27. The van der Waals surface area contributed by atoms with Crippen molar-refractivity contribution in [1.29, 1.82) is 0 Å². The molecule has 1 atom stereocenters. The summed E-state index contributed by atoms with van der Waals surface area (Å²) in [7, 11) is 0. The average molecular weight is 196 g/mol. The van der Waals surface area contributed by atoms with Gasteiger partial charge in [0.1, 0.15) is 0 Å². The first-order valence-corrected chi connectivity index (χ1v) is 6.02. The minimum absolute atomic E-state index is 0.0789. The van der Waals surface area contributed by atoms with E-state index in [4.69, 9.17) is 0 Å². The molecule has 1 aliphatic carbocycles. The molecule has 1 N–H and O–H groups in total. The topological polar surface area (TPSA) is 20.2 Å². The molecule has 1 saturated carbocycles. The van der Waals surface area contributed by atoms with Crippen molar-refractivity contribution in [3.05, 3.63) is 12.2 Å². The molecule has 0 amide bonds. The summed E-state index contributed by atoms with van der Waals surface area (Å²) in [5.74, 6) is 0.567. The molecule has 0 aliphatic heterocycles. The Morgan fingerprint density at radius 1 is 1.29 bits per heavy atom. The molecule has 0 aromatic carbocycles. The van der Waals surface area contributed by atoms with Gasteiger partial charge in [0.15, 0.2) is 0 Å². The first-order valence-electron chi connectivity index (χ1n) is 6.02. The SMILES string of the molecule is C=C(C)CCC(O)C1CCCCCC1. The van der Waals surface area contributed by atoms with Gasteiger partial charge in [-0.15, -0.1) is 6.58 Å². The summed E-state index contributed by atoms with van der Waals surface area (Å²) in [6.07, 6.45) is 9.65. The van der Waals surface area contributed by atoms with E-state index in [-0.39, 0.29) is 6.10 Å². The van der Waals surface area contributed by atoms with Gasteiger partial charge in [-0.25, -0.2) is 0 Å². The first kappa shape index (κ1) is 11.8. The first-order chi connectivity index (χ1) is 6.70. The lowest BCUT2D eigenvalue weighted by Gasteiger charge is -2.21. The molecule has 0 radical (unpaired) electrons. The Kier molecular flexibility index (Phi) is 5.24. The maximum Gasteiger partial charge on any atom is 0.0571 e. The van der Waals surface area contributed by atoms with Crippen molar-refractivity contribution in [2.24, 2.45) is 5.92 Å². The average Bonchev–Trinajstić information content (AvgIpc) is 2.42. The van der Waals surface area contributed by atoms with Crippen LogP contribution in [0, 0.1) is 5.92 Å². The van der Waals surface area contributed by atoms with Crippen molar-refractivity contribution in [3.8, 4) is 0 Å². The molecule has 0 heterocycles. The van der Waals surface area contributed by atoms with Gasteiger partial charge in [-0.05, 0) is 38.5 Å². The van der Waals surface area contributed by atoms with Crippen LogP contribution in [-0.2, 0) is 0 Å². The van der Waals surface area contributed by atoms with Crippen LogP contribution in [-0.4, -0.2) is 11.2 Å². The number of rotatable bonds is 4. The Balaban J connectivity index is 2.26. The Bertz CT molecular complexity index is 166. The minimum Gasteiger partial charge on any atom is -0.393 e. The zero-order valence-corrected chi connectivity index (χ0v) is 9.47. The molecule has 82 valence electrons. The fourth-order valence-electron chi connectivity index (χ4n) is 2.33. The molecule has 0 aromatic heterocycles. The summed E-state index contributed by atoms with van der Waals surface area (Å²) < 4.78 is 0. The number of aliphatic hydroxyl groups is 1. The molecule has 1 unspecified atom stereocenters. The van der Waals surface area contributed by atoms with Crippen LogP contribution in [0.25, 0.3) is 0 Å². The largest absolute Gasteiger partial charge is 0.393 e. The van der Waals surface area contributed by atoms with E-state index in [0.29, 0.717) is 5.92 Å². The van der Waals surface area contributed by atoms with Crippen molar-refractivity contribution in [3.63, 3.8) is 0 Å². The highest BCUT2D eigenvalue weighted by molar-refractivity contribution is 4.89. The summed E-state index contributed by atoms with van der Waals surface area (Å²) in [6, 6.07) is 0. The van der Waals surface area contributed by atoms with Gasteiger partial charge in [0.25, 0.3) is 0 Å². The van der Waals surface area contributed by atoms with E-state index < -0.39 is 0 Å². The lowest BCUT2D eigenvalue weighted by Crippen LogP contribution is -2.19. The minimum atomic E-state index is -0.0789. The van der Waals surface area contributed by atoms with Crippen molar-refractivity contribution >= 4 is 0 Å². The molecule has 0 spiro atoms. The van der Waals surface area contributed by atoms with Crippen LogP contribution in [0.1, 0.15) is 58.3 Å². The van der Waals surface area contributed by atoms with Crippen LogP contribution in [0.5, 0.6) is 0 Å². The molecule has 14 heavy (non-hydrogen) atoms. The molecule has 0 saturated heterocycles. The number of allylic oxidation sites excluding steroid dienone is 1. The Hall–Kier alpha value is -0.300. The van der Waals surface area contributed by atoms with E-state index in [0.717, 1.165) is 12.8 Å². The third-order valence-corrected chi connectivity index (χ3v) is 3.31. The maximum absolute atomic E-state index is 10.0. The van der Waals surface area contributed by atoms with Gasteiger partial charge >= 0.3 is 0 Å². The lowest BCUT2D eigenvalue weighted by atomic mass is 9.90. The number of hydrogen-bond donors (Lipinski definition) is 1. The van der Waals surface area contributed by atoms with Gasteiger partial charge in [-0.2, -0.15) is 0 Å². The van der Waals surface area contributed by atoms with E-state index in [1.165, 1.54) is 44.1 Å². The molecule has 1 heteroatoms. The Morgan fingerprint density at radius 3 is 2.36 bits per heavy atom. The third-order valence-electron chi connectivity index (χ3n) is 3.31. The second kappa shape index (κ2) is 6.23. The summed E-state index contributed by atoms with van der Waals surface area (Å²) >= 11 is 0. The molecule has 1 fully saturated rings. The molecule has 0 aromatic rings. The van der Waals surface area contributed by atoms with Gasteiger partial charge in [-0.1, -0.05) is 31.3 Å². The summed E-state index contributed by atoms with van der Waals surface area (Å²) in [4.78, 5) is 0. The van der Waals surface area contributed by atoms with Crippen molar-refractivity contribution < 1.29 is 5.11 Å². The fourth-order valence-corrected chi connectivity index (χ4v) is 2.33. The molecule has 1 aliphatic rings. The number of aliphatic hydroxyl groups excluding tert-OH is 1. The van der Waals surface area contributed by atoms with Crippen LogP contribution < -0.4 is 0 Å². The third kappa shape index (κ3) is 4.28. The number of hydrogen-bond acceptors (Lipinski definition) is 1. The van der Waals surface area contributed by atoms with E-state index in [2.05, 4.69) is 6.58 Å². The van der Waals surface area contributed by atoms with Gasteiger partial charge < -0.3 is 5.11 Å². The normalized spacial score (nSPS) is 21.6. The van der Waals surface area contributed by atoms with Crippen LogP contribution in [0.2, 0.25) is 0 Å². The lowest BCUT2D eigenvalue weighted by molar-refractivity contribution is 0.0904. The summed E-state index contributed by atoms with van der Waals surface area (Å²) in [5, 5.41) is 10.0. The van der Waals surface area contributed by atoms with Crippen molar-refractivity contribution in [1.82, 2.24) is 0 Å². The predicted molar refractivity (Wildman–Crippen MR) is 61.2 cm³/mol.